The molecule has 3 fully saturated rings. The summed E-state index contributed by atoms with van der Waals surface area (Å²) in [6.45, 7) is 10.8. The molecule has 2 amide bonds. The summed E-state index contributed by atoms with van der Waals surface area (Å²) < 4.78 is 11.3. The molecule has 0 bridgehead atoms. The highest BCUT2D eigenvalue weighted by Crippen LogP contribution is 2.41. The van der Waals surface area contributed by atoms with Crippen LogP contribution in [0.25, 0.3) is 0 Å². The van der Waals surface area contributed by atoms with Crippen LogP contribution >= 0.6 is 0 Å². The highest BCUT2D eigenvalue weighted by molar-refractivity contribution is 6.02. The smallest absolute Gasteiger partial charge is 0.247 e. The van der Waals surface area contributed by atoms with Gasteiger partial charge in [-0.3, -0.25) is 19.3 Å². The van der Waals surface area contributed by atoms with Crippen molar-refractivity contribution in [2.75, 3.05) is 80.7 Å². The summed E-state index contributed by atoms with van der Waals surface area (Å²) in [5.41, 5.74) is 3.23. The molecule has 3 aromatic rings. The Hall–Kier alpha value is -4.88. The predicted molar refractivity (Wildman–Crippen MR) is 185 cm³/mol. The second kappa shape index (κ2) is 14.9. The Balaban J connectivity index is 1.20. The Kier molecular flexibility index (Phi) is 10.3. The summed E-state index contributed by atoms with van der Waals surface area (Å²) in [4.78, 5) is 46.1. The van der Waals surface area contributed by atoms with Crippen molar-refractivity contribution in [2.24, 2.45) is 0 Å². The number of piperazine rings is 1. The molecule has 1 aromatic heterocycles. The SMILES string of the molecule is C=CC(=O)Nc1cc(Nc2cc(N3OCC[C@@H]3c3cccc(OC)c3)ncn2)c(OC)cc1N1CCC(N2CCN(C(C)=O)CC2)CC1. The van der Waals surface area contributed by atoms with Crippen molar-refractivity contribution in [2.45, 2.75) is 38.3 Å². The molecule has 3 aliphatic heterocycles. The fourth-order valence-electron chi connectivity index (χ4n) is 6.78. The van der Waals surface area contributed by atoms with E-state index in [4.69, 9.17) is 14.3 Å². The molecule has 3 saturated heterocycles. The second-order valence-corrected chi connectivity index (χ2v) is 12.1. The lowest BCUT2D eigenvalue weighted by Gasteiger charge is -2.43. The number of rotatable bonds is 10. The molecular formula is C35H44N8O5. The normalized spacial score (nSPS) is 18.8. The molecule has 6 rings (SSSR count). The summed E-state index contributed by atoms with van der Waals surface area (Å²) in [7, 11) is 3.28. The summed E-state index contributed by atoms with van der Waals surface area (Å²) in [5, 5.41) is 8.19. The zero-order chi connectivity index (χ0) is 33.6. The molecule has 2 N–H and O–H groups in total. The number of carbonyl (C=O) groups is 2. The highest BCUT2D eigenvalue weighted by atomic mass is 16.7. The van der Waals surface area contributed by atoms with Gasteiger partial charge in [0.2, 0.25) is 11.8 Å². The maximum absolute atomic E-state index is 12.6. The van der Waals surface area contributed by atoms with Crippen molar-refractivity contribution in [3.63, 3.8) is 0 Å². The topological polar surface area (TPSA) is 125 Å². The van der Waals surface area contributed by atoms with E-state index >= 15 is 0 Å². The van der Waals surface area contributed by atoms with Crippen LogP contribution < -0.4 is 30.1 Å². The third-order valence-electron chi connectivity index (χ3n) is 9.37. The number of hydroxylamine groups is 1. The highest BCUT2D eigenvalue weighted by Gasteiger charge is 2.31. The number of benzene rings is 2. The first kappa shape index (κ1) is 33.0. The van der Waals surface area contributed by atoms with Crippen LogP contribution in [0, 0.1) is 0 Å². The number of methoxy groups -OCH3 is 2. The summed E-state index contributed by atoms with van der Waals surface area (Å²) in [5.74, 6) is 2.38. The average Bonchev–Trinajstić information content (AvgIpc) is 3.62. The molecule has 0 aliphatic carbocycles. The van der Waals surface area contributed by atoms with Crippen molar-refractivity contribution in [1.82, 2.24) is 19.8 Å². The van der Waals surface area contributed by atoms with Crippen molar-refractivity contribution < 1.29 is 23.9 Å². The van der Waals surface area contributed by atoms with Crippen LogP contribution in [0.5, 0.6) is 11.5 Å². The van der Waals surface area contributed by atoms with Crippen molar-refractivity contribution in [1.29, 1.82) is 0 Å². The minimum Gasteiger partial charge on any atom is -0.497 e. The van der Waals surface area contributed by atoms with Gasteiger partial charge in [-0.25, -0.2) is 15.0 Å². The van der Waals surface area contributed by atoms with Gasteiger partial charge in [-0.2, -0.15) is 0 Å². The van der Waals surface area contributed by atoms with Crippen LogP contribution in [0.2, 0.25) is 0 Å². The Morgan fingerprint density at radius 1 is 0.958 bits per heavy atom. The Morgan fingerprint density at radius 2 is 1.75 bits per heavy atom. The quantitative estimate of drug-likeness (QED) is 0.302. The maximum atomic E-state index is 12.6. The molecule has 4 heterocycles. The lowest BCUT2D eigenvalue weighted by atomic mass is 10.0. The van der Waals surface area contributed by atoms with Gasteiger partial charge in [-0.1, -0.05) is 18.7 Å². The van der Waals surface area contributed by atoms with E-state index < -0.39 is 0 Å². The number of nitrogens with zero attached hydrogens (tertiary/aromatic N) is 6. The molecule has 3 aliphatic rings. The van der Waals surface area contributed by atoms with Crippen LogP contribution in [-0.2, 0) is 14.4 Å². The first-order valence-electron chi connectivity index (χ1n) is 16.4. The van der Waals surface area contributed by atoms with Gasteiger partial charge in [0.15, 0.2) is 5.82 Å². The number of aromatic nitrogens is 2. The van der Waals surface area contributed by atoms with E-state index in [2.05, 4.69) is 43.0 Å². The fourth-order valence-corrected chi connectivity index (χ4v) is 6.78. The number of carbonyl (C=O) groups excluding carboxylic acids is 2. The van der Waals surface area contributed by atoms with Gasteiger partial charge in [0, 0.05) is 70.8 Å². The largest absolute Gasteiger partial charge is 0.497 e. The van der Waals surface area contributed by atoms with E-state index in [1.165, 1.54) is 12.4 Å². The third kappa shape index (κ3) is 7.32. The molecule has 1 atom stereocenters. The first-order chi connectivity index (χ1) is 23.4. The third-order valence-corrected chi connectivity index (χ3v) is 9.37. The number of anilines is 5. The number of hydrogen-bond acceptors (Lipinski definition) is 11. The van der Waals surface area contributed by atoms with Gasteiger partial charge in [-0.05, 0) is 42.7 Å². The van der Waals surface area contributed by atoms with E-state index in [-0.39, 0.29) is 17.9 Å². The summed E-state index contributed by atoms with van der Waals surface area (Å²) in [6, 6.07) is 14.0. The second-order valence-electron chi connectivity index (χ2n) is 12.1. The Morgan fingerprint density at radius 3 is 2.46 bits per heavy atom. The molecule has 0 saturated carbocycles. The first-order valence-corrected chi connectivity index (χ1v) is 16.4. The van der Waals surface area contributed by atoms with Crippen LogP contribution in [-0.4, -0.2) is 97.7 Å². The number of piperidine rings is 1. The maximum Gasteiger partial charge on any atom is 0.247 e. The van der Waals surface area contributed by atoms with E-state index in [0.29, 0.717) is 41.4 Å². The van der Waals surface area contributed by atoms with Gasteiger partial charge < -0.3 is 29.9 Å². The molecule has 0 spiro atoms. The van der Waals surface area contributed by atoms with Crippen molar-refractivity contribution >= 4 is 40.5 Å². The van der Waals surface area contributed by atoms with Gasteiger partial charge in [0.05, 0.1) is 43.9 Å². The minimum absolute atomic E-state index is 0.0355. The number of nitrogens with one attached hydrogen (secondary N) is 2. The van der Waals surface area contributed by atoms with E-state index in [9.17, 15) is 9.59 Å². The van der Waals surface area contributed by atoms with Gasteiger partial charge in [-0.15, -0.1) is 0 Å². The molecule has 0 unspecified atom stereocenters. The van der Waals surface area contributed by atoms with Crippen LogP contribution in [0.15, 0.2) is 61.4 Å². The van der Waals surface area contributed by atoms with Gasteiger partial charge >= 0.3 is 0 Å². The zero-order valence-electron chi connectivity index (χ0n) is 27.9. The lowest BCUT2D eigenvalue weighted by molar-refractivity contribution is -0.131. The van der Waals surface area contributed by atoms with Gasteiger partial charge in [0.25, 0.3) is 0 Å². The zero-order valence-corrected chi connectivity index (χ0v) is 27.9. The van der Waals surface area contributed by atoms with Crippen LogP contribution in [0.3, 0.4) is 0 Å². The number of hydrogen-bond donors (Lipinski definition) is 2. The Labute approximate surface area is 281 Å². The monoisotopic (exact) mass is 656 g/mol. The average molecular weight is 657 g/mol. The van der Waals surface area contributed by atoms with E-state index in [1.54, 1.807) is 21.1 Å². The Bertz CT molecular complexity index is 1620. The number of ether oxygens (including phenoxy) is 2. The standard InChI is InChI=1S/C35H44N8O5/c1-5-35(45)39-28-20-29(32(47-4)21-31(28)42-12-9-26(10-13-42)41-16-14-40(15-17-41)24(2)44)38-33-22-34(37-23-36-33)43-30(11-18-48-43)25-7-6-8-27(19-25)46-3/h5-8,19-23,26,30H,1,9-18H2,2-4H3,(H,39,45)(H,36,37,38)/t30-/m1/s1. The van der Waals surface area contributed by atoms with Gasteiger partial charge in [0.1, 0.15) is 23.6 Å². The van der Waals surface area contributed by atoms with Crippen molar-refractivity contribution in [3.8, 4) is 11.5 Å². The lowest BCUT2D eigenvalue weighted by Crippen LogP contribution is -2.54. The van der Waals surface area contributed by atoms with Crippen molar-refractivity contribution in [3.05, 3.63) is 67.0 Å². The molecule has 13 nitrogen and oxygen atoms in total. The fraction of sp³-hybridized carbons (Fsp3) is 0.429. The number of amides is 2. The molecule has 2 aromatic carbocycles. The molecule has 13 heteroatoms. The van der Waals surface area contributed by atoms with Crippen LogP contribution in [0.1, 0.15) is 37.8 Å². The van der Waals surface area contributed by atoms with E-state index in [0.717, 1.165) is 75.5 Å². The molecule has 254 valence electrons. The van der Waals surface area contributed by atoms with E-state index in [1.807, 2.05) is 46.4 Å². The molecule has 48 heavy (non-hydrogen) atoms. The molecular weight excluding hydrogens is 612 g/mol. The summed E-state index contributed by atoms with van der Waals surface area (Å²) >= 11 is 0. The van der Waals surface area contributed by atoms with Crippen LogP contribution in [0.4, 0.5) is 28.7 Å². The summed E-state index contributed by atoms with van der Waals surface area (Å²) in [6.07, 6.45) is 5.52. The minimum atomic E-state index is -0.301. The predicted octanol–water partition coefficient (Wildman–Crippen LogP) is 4.38. The molecule has 0 radical (unpaired) electrons.